The molecule has 0 radical (unpaired) electrons. The second-order valence-corrected chi connectivity index (χ2v) is 6.87. The van der Waals surface area contributed by atoms with Gasteiger partial charge in [-0.05, 0) is 42.8 Å². The molecule has 126 valence electrons. The number of aromatic nitrogens is 2. The summed E-state index contributed by atoms with van der Waals surface area (Å²) < 4.78 is 2.28. The summed E-state index contributed by atoms with van der Waals surface area (Å²) in [7, 11) is 0. The fraction of sp³-hybridized carbons (Fsp3) is 0.200. The predicted molar refractivity (Wildman–Crippen MR) is 101 cm³/mol. The third kappa shape index (κ3) is 3.03. The van der Waals surface area contributed by atoms with Crippen molar-refractivity contribution in [3.63, 3.8) is 0 Å². The minimum absolute atomic E-state index is 0.0849. The van der Waals surface area contributed by atoms with Gasteiger partial charge in [-0.1, -0.05) is 48.5 Å². The average molecular weight is 349 g/mol. The smallest absolute Gasteiger partial charge is 0.269 e. The predicted octanol–water partition coefficient (Wildman–Crippen LogP) is 4.00. The Morgan fingerprint density at radius 1 is 1.08 bits per heavy atom. The second kappa shape index (κ2) is 6.33. The first-order chi connectivity index (χ1) is 12.2. The first-order valence-electron chi connectivity index (χ1n) is 8.39. The number of carbonyl (C=O) groups is 1. The summed E-state index contributed by atoms with van der Waals surface area (Å²) in [5.74, 6) is -0.113. The molecule has 25 heavy (non-hydrogen) atoms. The number of hydrogen-bond acceptors (Lipinski definition) is 2. The molecular formula is C20H19N3OS. The van der Waals surface area contributed by atoms with Crippen molar-refractivity contribution in [1.29, 1.82) is 0 Å². The van der Waals surface area contributed by atoms with E-state index in [0.717, 1.165) is 18.5 Å². The van der Waals surface area contributed by atoms with Crippen LogP contribution in [0.3, 0.4) is 0 Å². The van der Waals surface area contributed by atoms with Gasteiger partial charge in [0.2, 0.25) is 0 Å². The molecule has 0 saturated heterocycles. The molecule has 1 amide bonds. The molecule has 1 aliphatic carbocycles. The summed E-state index contributed by atoms with van der Waals surface area (Å²) in [4.78, 5) is 15.7. The standard InChI is InChI=1S/C20H19N3OS/c24-18(22-14-20(11-12-20)15-7-3-1-4-8-15)17-13-21-19(25)23(17)16-9-5-2-6-10-16/h1-10,13H,11-12,14H2,(H,21,25)(H,22,24). The van der Waals surface area contributed by atoms with Crippen LogP contribution in [0.15, 0.2) is 66.9 Å². The van der Waals surface area contributed by atoms with Gasteiger partial charge in [-0.25, -0.2) is 0 Å². The van der Waals surface area contributed by atoms with E-state index in [1.807, 2.05) is 36.4 Å². The first kappa shape index (κ1) is 15.8. The van der Waals surface area contributed by atoms with E-state index in [1.165, 1.54) is 5.56 Å². The molecule has 1 aromatic heterocycles. The number of hydrogen-bond donors (Lipinski definition) is 2. The van der Waals surface area contributed by atoms with Crippen LogP contribution in [0.1, 0.15) is 28.9 Å². The maximum atomic E-state index is 12.8. The Labute approximate surface area is 151 Å². The number of amides is 1. The number of nitrogens with one attached hydrogen (secondary N) is 2. The third-order valence-electron chi connectivity index (χ3n) is 4.85. The highest BCUT2D eigenvalue weighted by molar-refractivity contribution is 7.71. The Morgan fingerprint density at radius 3 is 2.36 bits per heavy atom. The van der Waals surface area contributed by atoms with E-state index >= 15 is 0 Å². The summed E-state index contributed by atoms with van der Waals surface area (Å²) in [6.45, 7) is 0.641. The summed E-state index contributed by atoms with van der Waals surface area (Å²) in [5, 5.41) is 3.10. The number of imidazole rings is 1. The van der Waals surface area contributed by atoms with Crippen molar-refractivity contribution in [2.45, 2.75) is 18.3 Å². The highest BCUT2D eigenvalue weighted by atomic mass is 32.1. The zero-order valence-corrected chi connectivity index (χ0v) is 14.6. The molecule has 4 rings (SSSR count). The maximum Gasteiger partial charge on any atom is 0.269 e. The molecule has 1 heterocycles. The van der Waals surface area contributed by atoms with Gasteiger partial charge in [0.15, 0.2) is 4.77 Å². The Bertz CT molecular complexity index is 940. The fourth-order valence-corrected chi connectivity index (χ4v) is 3.48. The topological polar surface area (TPSA) is 49.8 Å². The highest BCUT2D eigenvalue weighted by Gasteiger charge is 2.44. The zero-order chi connectivity index (χ0) is 17.3. The van der Waals surface area contributed by atoms with Gasteiger partial charge in [0.25, 0.3) is 5.91 Å². The molecule has 5 heteroatoms. The number of carbonyl (C=O) groups excluding carboxylic acids is 1. The molecule has 2 N–H and O–H groups in total. The molecule has 2 aromatic carbocycles. The minimum Gasteiger partial charge on any atom is -0.350 e. The largest absolute Gasteiger partial charge is 0.350 e. The minimum atomic E-state index is -0.113. The molecule has 1 saturated carbocycles. The molecule has 3 aromatic rings. The van der Waals surface area contributed by atoms with Crippen molar-refractivity contribution in [2.75, 3.05) is 6.54 Å². The Hall–Kier alpha value is -2.66. The van der Waals surface area contributed by atoms with Crippen LogP contribution in [-0.2, 0) is 5.41 Å². The van der Waals surface area contributed by atoms with Gasteiger partial charge in [0.1, 0.15) is 5.69 Å². The number of benzene rings is 2. The maximum absolute atomic E-state index is 12.8. The number of H-pyrrole nitrogens is 1. The van der Waals surface area contributed by atoms with Crippen LogP contribution in [-0.4, -0.2) is 22.0 Å². The van der Waals surface area contributed by atoms with Crippen molar-refractivity contribution in [3.8, 4) is 5.69 Å². The van der Waals surface area contributed by atoms with Gasteiger partial charge in [0, 0.05) is 23.8 Å². The fourth-order valence-electron chi connectivity index (χ4n) is 3.22. The van der Waals surface area contributed by atoms with Gasteiger partial charge in [0.05, 0.1) is 0 Å². The summed E-state index contributed by atoms with van der Waals surface area (Å²) >= 11 is 5.35. The summed E-state index contributed by atoms with van der Waals surface area (Å²) in [6.07, 6.45) is 3.89. The zero-order valence-electron chi connectivity index (χ0n) is 13.7. The number of para-hydroxylation sites is 1. The molecule has 1 aliphatic rings. The van der Waals surface area contributed by atoms with E-state index in [1.54, 1.807) is 10.8 Å². The molecule has 0 unspecified atom stereocenters. The van der Waals surface area contributed by atoms with Crippen molar-refractivity contribution < 1.29 is 4.79 Å². The van der Waals surface area contributed by atoms with Crippen LogP contribution in [0.5, 0.6) is 0 Å². The summed E-state index contributed by atoms with van der Waals surface area (Å²) in [6, 6.07) is 20.1. The van der Waals surface area contributed by atoms with Crippen molar-refractivity contribution in [3.05, 3.63) is 82.9 Å². The van der Waals surface area contributed by atoms with Gasteiger partial charge in [-0.3, -0.25) is 9.36 Å². The Morgan fingerprint density at radius 2 is 1.72 bits per heavy atom. The van der Waals surface area contributed by atoms with Gasteiger partial charge in [-0.15, -0.1) is 0 Å². The SMILES string of the molecule is O=C(NCC1(c2ccccc2)CC1)c1c[nH]c(=S)n1-c1ccccc1. The lowest BCUT2D eigenvalue weighted by molar-refractivity contribution is 0.0943. The van der Waals surface area contributed by atoms with Crippen LogP contribution < -0.4 is 5.32 Å². The van der Waals surface area contributed by atoms with E-state index in [-0.39, 0.29) is 11.3 Å². The van der Waals surface area contributed by atoms with Crippen LogP contribution in [0.4, 0.5) is 0 Å². The third-order valence-corrected chi connectivity index (χ3v) is 5.15. The lowest BCUT2D eigenvalue weighted by Gasteiger charge is -2.17. The first-order valence-corrected chi connectivity index (χ1v) is 8.80. The average Bonchev–Trinajstić information content (AvgIpc) is 3.36. The van der Waals surface area contributed by atoms with E-state index < -0.39 is 0 Å². The molecule has 0 bridgehead atoms. The van der Waals surface area contributed by atoms with Crippen molar-refractivity contribution in [2.24, 2.45) is 0 Å². The molecule has 0 atom stereocenters. The van der Waals surface area contributed by atoms with Gasteiger partial charge >= 0.3 is 0 Å². The Balaban J connectivity index is 1.55. The quantitative estimate of drug-likeness (QED) is 0.684. The Kier molecular flexibility index (Phi) is 4.01. The molecule has 0 spiro atoms. The lowest BCUT2D eigenvalue weighted by atomic mass is 9.96. The van der Waals surface area contributed by atoms with E-state index in [2.05, 4.69) is 34.6 Å². The lowest BCUT2D eigenvalue weighted by Crippen LogP contribution is -2.33. The van der Waals surface area contributed by atoms with E-state index in [0.29, 0.717) is 17.0 Å². The van der Waals surface area contributed by atoms with Crippen LogP contribution in [0.25, 0.3) is 5.69 Å². The van der Waals surface area contributed by atoms with E-state index in [4.69, 9.17) is 12.2 Å². The van der Waals surface area contributed by atoms with Crippen molar-refractivity contribution >= 4 is 18.1 Å². The monoisotopic (exact) mass is 349 g/mol. The van der Waals surface area contributed by atoms with E-state index in [9.17, 15) is 4.79 Å². The van der Waals surface area contributed by atoms with Gasteiger partial charge < -0.3 is 10.3 Å². The number of rotatable bonds is 5. The molecular weight excluding hydrogens is 330 g/mol. The molecule has 0 aliphatic heterocycles. The van der Waals surface area contributed by atoms with Crippen LogP contribution >= 0.6 is 12.2 Å². The highest BCUT2D eigenvalue weighted by Crippen LogP contribution is 2.47. The summed E-state index contributed by atoms with van der Waals surface area (Å²) in [5.41, 5.74) is 2.79. The van der Waals surface area contributed by atoms with Crippen LogP contribution in [0, 0.1) is 4.77 Å². The normalized spacial score (nSPS) is 14.9. The van der Waals surface area contributed by atoms with Crippen molar-refractivity contribution in [1.82, 2.24) is 14.9 Å². The molecule has 4 nitrogen and oxygen atoms in total. The molecule has 1 fully saturated rings. The number of aromatic amines is 1. The number of nitrogens with zero attached hydrogens (tertiary/aromatic N) is 1. The van der Waals surface area contributed by atoms with Gasteiger partial charge in [-0.2, -0.15) is 0 Å². The van der Waals surface area contributed by atoms with Crippen LogP contribution in [0.2, 0.25) is 0 Å². The second-order valence-electron chi connectivity index (χ2n) is 6.48.